The maximum atomic E-state index is 13.6. The zero-order valence-corrected chi connectivity index (χ0v) is 20.6. The number of nitriles is 1. The standard InChI is InChI=1S/C27H24F3N5O3/c1-15-14-34-24(22(13-32-34)33-25(36)17-5-8-23(38-2)19(9-17)12-31)26(37)35(15)21-6-3-16(4-7-21)18-10-20(11-18)27(28,29)30/h3-9,13,15,18,20H,10-11,14H2,1-2H3,(H,33,36)/t15-,18-,20+/m0/s1. The van der Waals surface area contributed by atoms with Crippen molar-refractivity contribution in [1.29, 1.82) is 5.26 Å². The maximum Gasteiger partial charge on any atom is 0.391 e. The molecule has 38 heavy (non-hydrogen) atoms. The van der Waals surface area contributed by atoms with Gasteiger partial charge in [0.05, 0.1) is 43.1 Å². The van der Waals surface area contributed by atoms with Gasteiger partial charge in [0.2, 0.25) is 0 Å². The van der Waals surface area contributed by atoms with Crippen LogP contribution in [0.3, 0.4) is 0 Å². The van der Waals surface area contributed by atoms with Crippen LogP contribution in [0.4, 0.5) is 24.5 Å². The highest BCUT2D eigenvalue weighted by atomic mass is 19.4. The van der Waals surface area contributed by atoms with Gasteiger partial charge < -0.3 is 15.0 Å². The summed E-state index contributed by atoms with van der Waals surface area (Å²) in [5.74, 6) is -1.94. The molecule has 1 aliphatic carbocycles. The number of anilines is 2. The van der Waals surface area contributed by atoms with E-state index in [0.29, 0.717) is 18.0 Å². The molecule has 0 bridgehead atoms. The highest BCUT2D eigenvalue weighted by molar-refractivity contribution is 6.13. The number of methoxy groups -OCH3 is 1. The largest absolute Gasteiger partial charge is 0.495 e. The lowest BCUT2D eigenvalue weighted by atomic mass is 9.71. The fraction of sp³-hybridized carbons (Fsp3) is 0.333. The van der Waals surface area contributed by atoms with Gasteiger partial charge in [0, 0.05) is 11.3 Å². The van der Waals surface area contributed by atoms with Crippen molar-refractivity contribution in [2.45, 2.75) is 44.4 Å². The van der Waals surface area contributed by atoms with Crippen molar-refractivity contribution in [3.05, 3.63) is 71.0 Å². The molecule has 3 aromatic rings. The SMILES string of the molecule is COc1ccc(C(=O)Nc2cnn3c2C(=O)N(c2ccc([C@H]4C[C@@H](C(F)(F)F)C4)cc2)[C@@H](C)C3)cc1C#N. The van der Waals surface area contributed by atoms with Crippen LogP contribution < -0.4 is 15.0 Å². The predicted octanol–water partition coefficient (Wildman–Crippen LogP) is 5.12. The van der Waals surface area contributed by atoms with Crippen LogP contribution in [-0.4, -0.2) is 40.9 Å². The monoisotopic (exact) mass is 523 g/mol. The maximum absolute atomic E-state index is 13.6. The zero-order valence-electron chi connectivity index (χ0n) is 20.6. The van der Waals surface area contributed by atoms with E-state index in [-0.39, 0.29) is 53.2 Å². The van der Waals surface area contributed by atoms with Gasteiger partial charge in [-0.05, 0) is 61.6 Å². The molecule has 8 nitrogen and oxygen atoms in total. The van der Waals surface area contributed by atoms with Crippen molar-refractivity contribution in [2.24, 2.45) is 5.92 Å². The number of ether oxygens (including phenoxy) is 1. The van der Waals surface area contributed by atoms with Crippen LogP contribution in [0.5, 0.6) is 5.75 Å². The fourth-order valence-electron chi connectivity index (χ4n) is 5.05. The summed E-state index contributed by atoms with van der Waals surface area (Å²) in [5, 5.41) is 16.3. The molecule has 5 rings (SSSR count). The second kappa shape index (κ2) is 9.52. The summed E-state index contributed by atoms with van der Waals surface area (Å²) < 4.78 is 45.2. The Labute approximate surface area is 216 Å². The van der Waals surface area contributed by atoms with E-state index in [0.717, 1.165) is 5.56 Å². The first-order valence-corrected chi connectivity index (χ1v) is 12.1. The third-order valence-electron chi connectivity index (χ3n) is 7.21. The summed E-state index contributed by atoms with van der Waals surface area (Å²) in [6.45, 7) is 2.25. The van der Waals surface area contributed by atoms with E-state index in [4.69, 9.17) is 4.74 Å². The Morgan fingerprint density at radius 1 is 1.18 bits per heavy atom. The van der Waals surface area contributed by atoms with Crippen molar-refractivity contribution < 1.29 is 27.5 Å². The molecule has 1 aromatic heterocycles. The second-order valence-electron chi connectivity index (χ2n) is 9.59. The number of benzene rings is 2. The Morgan fingerprint density at radius 3 is 2.53 bits per heavy atom. The molecule has 1 N–H and O–H groups in total. The zero-order chi connectivity index (χ0) is 27.2. The number of fused-ring (bicyclic) bond motifs is 1. The number of alkyl halides is 3. The average Bonchev–Trinajstić information content (AvgIpc) is 3.24. The smallest absolute Gasteiger partial charge is 0.391 e. The summed E-state index contributed by atoms with van der Waals surface area (Å²) >= 11 is 0. The van der Waals surface area contributed by atoms with Gasteiger partial charge in [-0.2, -0.15) is 23.5 Å². The first kappa shape index (κ1) is 25.3. The van der Waals surface area contributed by atoms with E-state index < -0.39 is 18.0 Å². The molecule has 1 saturated carbocycles. The van der Waals surface area contributed by atoms with Gasteiger partial charge >= 0.3 is 6.18 Å². The number of hydrogen-bond donors (Lipinski definition) is 1. The Kier molecular flexibility index (Phi) is 6.34. The number of halogens is 3. The molecule has 2 aliphatic rings. The summed E-state index contributed by atoms with van der Waals surface area (Å²) in [5.41, 5.74) is 2.29. The Balaban J connectivity index is 1.34. The molecule has 1 aliphatic heterocycles. The molecular weight excluding hydrogens is 499 g/mol. The average molecular weight is 524 g/mol. The van der Waals surface area contributed by atoms with Crippen LogP contribution in [0.1, 0.15) is 57.7 Å². The van der Waals surface area contributed by atoms with Gasteiger partial charge in [-0.1, -0.05) is 12.1 Å². The number of nitrogens with zero attached hydrogens (tertiary/aromatic N) is 4. The minimum Gasteiger partial charge on any atom is -0.495 e. The molecule has 0 spiro atoms. The van der Waals surface area contributed by atoms with E-state index in [1.54, 1.807) is 29.2 Å². The van der Waals surface area contributed by atoms with Crippen LogP contribution >= 0.6 is 0 Å². The van der Waals surface area contributed by atoms with Gasteiger partial charge in [0.15, 0.2) is 0 Å². The van der Waals surface area contributed by atoms with E-state index in [1.165, 1.54) is 36.2 Å². The summed E-state index contributed by atoms with van der Waals surface area (Å²) in [7, 11) is 1.43. The minimum absolute atomic E-state index is 0.0776. The molecule has 2 amide bonds. The topological polar surface area (TPSA) is 100 Å². The number of nitrogens with one attached hydrogen (secondary N) is 1. The van der Waals surface area contributed by atoms with Crippen LogP contribution in [-0.2, 0) is 6.54 Å². The normalized spacial score (nSPS) is 20.8. The Bertz CT molecular complexity index is 1440. The third kappa shape index (κ3) is 4.47. The number of rotatable bonds is 5. The lowest BCUT2D eigenvalue weighted by Gasteiger charge is -2.37. The first-order valence-electron chi connectivity index (χ1n) is 12.1. The summed E-state index contributed by atoms with van der Waals surface area (Å²) in [6.07, 6.45) is -2.59. The molecule has 2 aromatic carbocycles. The van der Waals surface area contributed by atoms with E-state index in [1.807, 2.05) is 13.0 Å². The molecule has 0 saturated heterocycles. The molecule has 196 valence electrons. The second-order valence-corrected chi connectivity index (χ2v) is 9.59. The lowest BCUT2D eigenvalue weighted by molar-refractivity contribution is -0.197. The summed E-state index contributed by atoms with van der Waals surface area (Å²) in [6, 6.07) is 13.2. The number of hydrogen-bond acceptors (Lipinski definition) is 5. The fourth-order valence-corrected chi connectivity index (χ4v) is 5.05. The molecule has 1 atom stereocenters. The highest BCUT2D eigenvalue weighted by Crippen LogP contribution is 2.49. The molecule has 2 heterocycles. The molecule has 1 fully saturated rings. The van der Waals surface area contributed by atoms with E-state index >= 15 is 0 Å². The number of amides is 2. The molecule has 0 radical (unpaired) electrons. The van der Waals surface area contributed by atoms with Crippen LogP contribution in [0, 0.1) is 17.2 Å². The highest BCUT2D eigenvalue weighted by Gasteiger charge is 2.48. The Hall–Kier alpha value is -4.33. The van der Waals surface area contributed by atoms with Crippen molar-refractivity contribution in [3.63, 3.8) is 0 Å². The van der Waals surface area contributed by atoms with Gasteiger partial charge in [0.1, 0.15) is 17.5 Å². The van der Waals surface area contributed by atoms with E-state index in [2.05, 4.69) is 10.4 Å². The first-order chi connectivity index (χ1) is 18.1. The number of carbonyl (C=O) groups is 2. The molecule has 11 heteroatoms. The molecule has 0 unspecified atom stereocenters. The van der Waals surface area contributed by atoms with Crippen molar-refractivity contribution >= 4 is 23.2 Å². The van der Waals surface area contributed by atoms with Gasteiger partial charge in [-0.3, -0.25) is 14.3 Å². The van der Waals surface area contributed by atoms with Crippen LogP contribution in [0.2, 0.25) is 0 Å². The van der Waals surface area contributed by atoms with Gasteiger partial charge in [-0.25, -0.2) is 0 Å². The number of aromatic nitrogens is 2. The van der Waals surface area contributed by atoms with Crippen molar-refractivity contribution in [3.8, 4) is 11.8 Å². The lowest BCUT2D eigenvalue weighted by Crippen LogP contribution is -2.47. The van der Waals surface area contributed by atoms with Crippen LogP contribution in [0.15, 0.2) is 48.7 Å². The number of carbonyl (C=O) groups excluding carboxylic acids is 2. The minimum atomic E-state index is -4.16. The van der Waals surface area contributed by atoms with Crippen molar-refractivity contribution in [2.75, 3.05) is 17.3 Å². The Morgan fingerprint density at radius 2 is 1.89 bits per heavy atom. The summed E-state index contributed by atoms with van der Waals surface area (Å²) in [4.78, 5) is 28.1. The van der Waals surface area contributed by atoms with Gasteiger partial charge in [0.25, 0.3) is 11.8 Å². The van der Waals surface area contributed by atoms with Crippen LogP contribution in [0.25, 0.3) is 0 Å². The third-order valence-corrected chi connectivity index (χ3v) is 7.21. The van der Waals surface area contributed by atoms with Gasteiger partial charge in [-0.15, -0.1) is 0 Å². The molecular formula is C27H24F3N5O3. The predicted molar refractivity (Wildman–Crippen MR) is 132 cm³/mol. The quantitative estimate of drug-likeness (QED) is 0.500. The van der Waals surface area contributed by atoms with Crippen molar-refractivity contribution in [1.82, 2.24) is 9.78 Å². The van der Waals surface area contributed by atoms with E-state index in [9.17, 15) is 28.0 Å².